The van der Waals surface area contributed by atoms with Gasteiger partial charge in [-0.25, -0.2) is 0 Å². The van der Waals surface area contributed by atoms with E-state index in [9.17, 15) is 0 Å². The van der Waals surface area contributed by atoms with E-state index in [4.69, 9.17) is 0 Å². The maximum Gasteiger partial charge on any atom is 0.0170 e. The molecule has 1 N–H and O–H groups in total. The Labute approximate surface area is 103 Å². The summed E-state index contributed by atoms with van der Waals surface area (Å²) in [7, 11) is 0. The molecule has 0 atom stereocenters. The Morgan fingerprint density at radius 2 is 2.25 bits per heavy atom. The number of hydrogen-bond acceptors (Lipinski definition) is 2. The maximum atomic E-state index is 3.59. The van der Waals surface area contributed by atoms with Crippen LogP contribution in [0.3, 0.4) is 0 Å². The SMILES string of the molecule is CCC(=Cc1cc(C)sc1C)CNC1CC1. The highest BCUT2D eigenvalue weighted by molar-refractivity contribution is 7.12. The van der Waals surface area contributed by atoms with Crippen molar-refractivity contribution < 1.29 is 0 Å². The van der Waals surface area contributed by atoms with Crippen LogP contribution in [0.5, 0.6) is 0 Å². The van der Waals surface area contributed by atoms with Gasteiger partial charge in [0.25, 0.3) is 0 Å². The highest BCUT2D eigenvalue weighted by Crippen LogP contribution is 2.24. The Bertz CT molecular complexity index is 385. The molecular weight excluding hydrogens is 214 g/mol. The first-order valence-electron chi connectivity index (χ1n) is 6.19. The van der Waals surface area contributed by atoms with E-state index in [-0.39, 0.29) is 0 Å². The molecule has 0 radical (unpaired) electrons. The van der Waals surface area contributed by atoms with Gasteiger partial charge in [0.1, 0.15) is 0 Å². The summed E-state index contributed by atoms with van der Waals surface area (Å²) in [5, 5.41) is 3.59. The topological polar surface area (TPSA) is 12.0 Å². The second-order valence-electron chi connectivity index (χ2n) is 4.68. The lowest BCUT2D eigenvalue weighted by molar-refractivity contribution is 0.723. The Kier molecular flexibility index (Phi) is 3.82. The van der Waals surface area contributed by atoms with Gasteiger partial charge in [-0.15, -0.1) is 11.3 Å². The van der Waals surface area contributed by atoms with Gasteiger partial charge in [-0.1, -0.05) is 18.6 Å². The van der Waals surface area contributed by atoms with Crippen LogP contribution in [0, 0.1) is 13.8 Å². The van der Waals surface area contributed by atoms with Crippen molar-refractivity contribution in [3.05, 3.63) is 27.0 Å². The molecule has 1 aliphatic carbocycles. The van der Waals surface area contributed by atoms with Crippen LogP contribution < -0.4 is 5.32 Å². The number of hydrogen-bond donors (Lipinski definition) is 1. The van der Waals surface area contributed by atoms with Gasteiger partial charge >= 0.3 is 0 Å². The van der Waals surface area contributed by atoms with Gasteiger partial charge in [0.2, 0.25) is 0 Å². The van der Waals surface area contributed by atoms with Gasteiger partial charge in [-0.2, -0.15) is 0 Å². The average Bonchev–Trinajstić information content (AvgIpc) is 3.01. The molecule has 16 heavy (non-hydrogen) atoms. The standard InChI is InChI=1S/C14H21NS/c1-4-12(9-15-14-5-6-14)8-13-7-10(2)16-11(13)3/h7-8,14-15H,4-6,9H2,1-3H3. The first-order valence-corrected chi connectivity index (χ1v) is 7.00. The van der Waals surface area contributed by atoms with Crippen LogP contribution >= 0.6 is 11.3 Å². The van der Waals surface area contributed by atoms with Crippen LogP contribution in [0.1, 0.15) is 41.5 Å². The van der Waals surface area contributed by atoms with E-state index in [1.165, 1.54) is 33.7 Å². The molecule has 1 aliphatic rings. The Morgan fingerprint density at radius 3 is 2.75 bits per heavy atom. The molecule has 0 aromatic carbocycles. The average molecular weight is 235 g/mol. The molecule has 0 spiro atoms. The smallest absolute Gasteiger partial charge is 0.0170 e. The van der Waals surface area contributed by atoms with E-state index in [2.05, 4.69) is 38.2 Å². The van der Waals surface area contributed by atoms with E-state index < -0.39 is 0 Å². The number of thiophene rings is 1. The fraction of sp³-hybridized carbons (Fsp3) is 0.571. The van der Waals surface area contributed by atoms with E-state index in [1.807, 2.05) is 11.3 Å². The third-order valence-corrected chi connectivity index (χ3v) is 4.07. The van der Waals surface area contributed by atoms with E-state index >= 15 is 0 Å². The van der Waals surface area contributed by atoms with Crippen molar-refractivity contribution >= 4 is 17.4 Å². The van der Waals surface area contributed by atoms with E-state index in [0.29, 0.717) is 0 Å². The van der Waals surface area contributed by atoms with Crippen molar-refractivity contribution in [2.75, 3.05) is 6.54 Å². The van der Waals surface area contributed by atoms with E-state index in [1.54, 1.807) is 0 Å². The van der Waals surface area contributed by atoms with Gasteiger partial charge in [-0.05, 0) is 44.7 Å². The Hall–Kier alpha value is -0.600. The van der Waals surface area contributed by atoms with Gasteiger partial charge in [0, 0.05) is 22.3 Å². The zero-order chi connectivity index (χ0) is 11.5. The summed E-state index contributed by atoms with van der Waals surface area (Å²) < 4.78 is 0. The lowest BCUT2D eigenvalue weighted by Crippen LogP contribution is -2.18. The molecule has 2 rings (SSSR count). The normalized spacial score (nSPS) is 16.8. The minimum atomic E-state index is 0.806. The highest BCUT2D eigenvalue weighted by atomic mass is 32.1. The minimum Gasteiger partial charge on any atom is -0.310 e. The van der Waals surface area contributed by atoms with Crippen LogP contribution in [0.2, 0.25) is 0 Å². The minimum absolute atomic E-state index is 0.806. The predicted molar refractivity (Wildman–Crippen MR) is 73.1 cm³/mol. The number of nitrogens with one attached hydrogen (secondary N) is 1. The summed E-state index contributed by atoms with van der Waals surface area (Å²) >= 11 is 1.89. The van der Waals surface area contributed by atoms with Gasteiger partial charge < -0.3 is 5.32 Å². The van der Waals surface area contributed by atoms with Crippen molar-refractivity contribution in [3.8, 4) is 0 Å². The summed E-state index contributed by atoms with van der Waals surface area (Å²) in [6, 6.07) is 3.10. The molecule has 1 heterocycles. The number of aryl methyl sites for hydroxylation is 2. The molecule has 2 heteroatoms. The molecule has 1 aromatic heterocycles. The number of rotatable bonds is 5. The molecular formula is C14H21NS. The first-order chi connectivity index (χ1) is 7.69. The van der Waals surface area contributed by atoms with E-state index in [0.717, 1.165) is 19.0 Å². The van der Waals surface area contributed by atoms with Crippen LogP contribution in [0.25, 0.3) is 6.08 Å². The van der Waals surface area contributed by atoms with Crippen LogP contribution in [-0.2, 0) is 0 Å². The molecule has 0 unspecified atom stereocenters. The zero-order valence-corrected chi connectivity index (χ0v) is 11.3. The quantitative estimate of drug-likeness (QED) is 0.816. The van der Waals surface area contributed by atoms with Gasteiger partial charge in [0.05, 0.1) is 0 Å². The first kappa shape index (κ1) is 11.9. The molecule has 0 amide bonds. The van der Waals surface area contributed by atoms with Crippen LogP contribution in [-0.4, -0.2) is 12.6 Å². The van der Waals surface area contributed by atoms with Crippen molar-refractivity contribution in [1.29, 1.82) is 0 Å². The second-order valence-corrected chi connectivity index (χ2v) is 6.14. The largest absolute Gasteiger partial charge is 0.310 e. The molecule has 1 fully saturated rings. The molecule has 0 saturated heterocycles. The third-order valence-electron chi connectivity index (χ3n) is 3.09. The van der Waals surface area contributed by atoms with Crippen LogP contribution in [0.15, 0.2) is 11.6 Å². The van der Waals surface area contributed by atoms with Crippen molar-refractivity contribution in [2.24, 2.45) is 0 Å². The lowest BCUT2D eigenvalue weighted by Gasteiger charge is -2.06. The van der Waals surface area contributed by atoms with Gasteiger partial charge in [0.15, 0.2) is 0 Å². The summed E-state index contributed by atoms with van der Waals surface area (Å²) in [6.07, 6.45) is 6.25. The maximum absolute atomic E-state index is 3.59. The molecule has 1 saturated carbocycles. The Balaban J connectivity index is 2.02. The fourth-order valence-corrected chi connectivity index (χ4v) is 2.76. The summed E-state index contributed by atoms with van der Waals surface area (Å²) in [6.45, 7) is 7.71. The third kappa shape index (κ3) is 3.19. The van der Waals surface area contributed by atoms with Gasteiger partial charge in [-0.3, -0.25) is 0 Å². The molecule has 0 bridgehead atoms. The Morgan fingerprint density at radius 1 is 1.50 bits per heavy atom. The molecule has 0 aliphatic heterocycles. The lowest BCUT2D eigenvalue weighted by atomic mass is 10.1. The van der Waals surface area contributed by atoms with Crippen molar-refractivity contribution in [2.45, 2.75) is 46.1 Å². The van der Waals surface area contributed by atoms with Crippen molar-refractivity contribution in [1.82, 2.24) is 5.32 Å². The van der Waals surface area contributed by atoms with Crippen LogP contribution in [0.4, 0.5) is 0 Å². The second kappa shape index (κ2) is 5.15. The summed E-state index contributed by atoms with van der Waals surface area (Å²) in [4.78, 5) is 2.85. The molecule has 1 nitrogen and oxygen atoms in total. The summed E-state index contributed by atoms with van der Waals surface area (Å²) in [5.41, 5.74) is 2.93. The fourth-order valence-electron chi connectivity index (χ4n) is 1.85. The summed E-state index contributed by atoms with van der Waals surface area (Å²) in [5.74, 6) is 0. The molecule has 88 valence electrons. The molecule has 1 aromatic rings. The zero-order valence-electron chi connectivity index (χ0n) is 10.5. The monoisotopic (exact) mass is 235 g/mol. The van der Waals surface area contributed by atoms with Crippen molar-refractivity contribution in [3.63, 3.8) is 0 Å². The highest BCUT2D eigenvalue weighted by Gasteiger charge is 2.20. The predicted octanol–water partition coefficient (Wildman–Crippen LogP) is 3.91.